The Morgan fingerprint density at radius 1 is 1.80 bits per heavy atom. The fourth-order valence-electron chi connectivity index (χ4n) is 0.0412. The van der Waals surface area contributed by atoms with Crippen molar-refractivity contribution in [2.24, 2.45) is 0 Å². The summed E-state index contributed by atoms with van der Waals surface area (Å²) < 4.78 is 10.9. The van der Waals surface area contributed by atoms with Gasteiger partial charge in [-0.15, -0.1) is 0 Å². The van der Waals surface area contributed by atoms with E-state index in [9.17, 15) is 4.39 Å². The lowest BCUT2D eigenvalue weighted by Crippen LogP contribution is -1.73. The molecule has 1 radical (unpaired) electrons. The van der Waals surface area contributed by atoms with Crippen LogP contribution in [0.1, 0.15) is 0 Å². The average molecular weight is 140 g/mol. The molecule has 0 fully saturated rings. The number of hydrogen-bond acceptors (Lipinski definition) is 0. The van der Waals surface area contributed by atoms with Gasteiger partial charge in [0.15, 0.2) is 0 Å². The van der Waals surface area contributed by atoms with Gasteiger partial charge in [0.25, 0.3) is 0 Å². The van der Waals surface area contributed by atoms with Gasteiger partial charge in [0.2, 0.25) is 0 Å². The van der Waals surface area contributed by atoms with Crippen LogP contribution in [0.5, 0.6) is 0 Å². The third-order valence-electron chi connectivity index (χ3n) is 0.218. The zero-order valence-corrected chi connectivity index (χ0v) is 4.33. The highest BCUT2D eigenvalue weighted by atomic mass is 79.9. The largest absolute Gasteiger partial charge is 0.251 e. The van der Waals surface area contributed by atoms with Crippen LogP contribution in [-0.4, -0.2) is 12.0 Å². The van der Waals surface area contributed by atoms with Gasteiger partial charge in [-0.2, -0.15) is 0 Å². The van der Waals surface area contributed by atoms with Gasteiger partial charge < -0.3 is 0 Å². The van der Waals surface area contributed by atoms with Crippen molar-refractivity contribution in [3.63, 3.8) is 0 Å². The molecule has 0 rings (SSSR count). The van der Waals surface area contributed by atoms with E-state index in [1.165, 1.54) is 6.42 Å². The molecule has 0 aromatic heterocycles. The van der Waals surface area contributed by atoms with Crippen LogP contribution in [0, 0.1) is 6.42 Å². The molecule has 0 atom stereocenters. The monoisotopic (exact) mass is 139 g/mol. The van der Waals surface area contributed by atoms with Crippen molar-refractivity contribution in [3.8, 4) is 0 Å². The summed E-state index contributed by atoms with van der Waals surface area (Å²) in [5, 5.41) is 0.656. The molecule has 0 saturated heterocycles. The molecule has 0 heterocycles. The fraction of sp³-hybridized carbons (Fsp3) is 0.667. The Bertz CT molecular complexity index is 14.4. The second kappa shape index (κ2) is 4.41. The maximum absolute atomic E-state index is 10.9. The number of alkyl halides is 2. The minimum atomic E-state index is -0.328. The van der Waals surface area contributed by atoms with Crippen LogP contribution in [-0.2, 0) is 0 Å². The molecule has 0 aromatic rings. The van der Waals surface area contributed by atoms with E-state index in [0.717, 1.165) is 0 Å². The van der Waals surface area contributed by atoms with E-state index in [1.54, 1.807) is 0 Å². The topological polar surface area (TPSA) is 0 Å². The Kier molecular flexibility index (Phi) is 4.77. The lowest BCUT2D eigenvalue weighted by molar-refractivity contribution is 0.541. The highest BCUT2D eigenvalue weighted by Gasteiger charge is 1.74. The van der Waals surface area contributed by atoms with E-state index in [2.05, 4.69) is 15.9 Å². The zero-order chi connectivity index (χ0) is 4.12. The summed E-state index contributed by atoms with van der Waals surface area (Å²) >= 11 is 3.01. The molecule has 0 aliphatic rings. The first-order chi connectivity index (χ1) is 2.41. The Morgan fingerprint density at radius 2 is 2.40 bits per heavy atom. The van der Waals surface area contributed by atoms with Gasteiger partial charge in [-0.3, -0.25) is 4.39 Å². The maximum Gasteiger partial charge on any atom is 0.0934 e. The molecule has 5 heavy (non-hydrogen) atoms. The van der Waals surface area contributed by atoms with Gasteiger partial charge in [0.1, 0.15) is 0 Å². The van der Waals surface area contributed by atoms with Gasteiger partial charge in [-0.05, 0) is 0 Å². The molecule has 0 aliphatic heterocycles. The van der Waals surface area contributed by atoms with Crippen molar-refractivity contribution in [2.75, 3.05) is 12.0 Å². The van der Waals surface area contributed by atoms with Crippen LogP contribution >= 0.6 is 15.9 Å². The van der Waals surface area contributed by atoms with Crippen LogP contribution in [0.4, 0.5) is 4.39 Å². The maximum atomic E-state index is 10.9. The zero-order valence-electron chi connectivity index (χ0n) is 2.75. The summed E-state index contributed by atoms with van der Waals surface area (Å²) in [5.74, 6) is 0. The number of hydrogen-bond donors (Lipinski definition) is 0. The first-order valence-electron chi connectivity index (χ1n) is 1.35. The molecule has 2 heteroatoms. The molecular formula is C3H5BrF. The standard InChI is InChI=1S/C3H5BrF/c4-2-1-3-5/h1H,2-3H2. The van der Waals surface area contributed by atoms with Crippen molar-refractivity contribution in [1.82, 2.24) is 0 Å². The van der Waals surface area contributed by atoms with Crippen LogP contribution in [0.3, 0.4) is 0 Å². The predicted octanol–water partition coefficient (Wildman–Crippen LogP) is 1.56. The van der Waals surface area contributed by atoms with E-state index in [-0.39, 0.29) is 6.67 Å². The van der Waals surface area contributed by atoms with Gasteiger partial charge in [0, 0.05) is 11.8 Å². The van der Waals surface area contributed by atoms with E-state index in [0.29, 0.717) is 5.33 Å². The third-order valence-corrected chi connectivity index (χ3v) is 0.676. The van der Waals surface area contributed by atoms with Crippen LogP contribution < -0.4 is 0 Å². The first-order valence-corrected chi connectivity index (χ1v) is 2.47. The Labute approximate surface area is 39.5 Å². The predicted molar refractivity (Wildman–Crippen MR) is 24.1 cm³/mol. The van der Waals surface area contributed by atoms with Crippen molar-refractivity contribution in [2.45, 2.75) is 0 Å². The molecule has 0 nitrogen and oxygen atoms in total. The van der Waals surface area contributed by atoms with E-state index in [1.807, 2.05) is 0 Å². The number of halogens is 2. The van der Waals surface area contributed by atoms with Crippen molar-refractivity contribution >= 4 is 15.9 Å². The van der Waals surface area contributed by atoms with Gasteiger partial charge >= 0.3 is 0 Å². The van der Waals surface area contributed by atoms with Crippen LogP contribution in [0.15, 0.2) is 0 Å². The smallest absolute Gasteiger partial charge is 0.0934 e. The summed E-state index contributed by atoms with van der Waals surface area (Å²) in [6.07, 6.45) is 1.50. The highest BCUT2D eigenvalue weighted by molar-refractivity contribution is 9.09. The SMILES string of the molecule is FC[CH]CBr. The van der Waals surface area contributed by atoms with Crippen LogP contribution in [0.25, 0.3) is 0 Å². The van der Waals surface area contributed by atoms with Gasteiger partial charge in [0.05, 0.1) is 6.67 Å². The van der Waals surface area contributed by atoms with Crippen molar-refractivity contribution < 1.29 is 4.39 Å². The van der Waals surface area contributed by atoms with Gasteiger partial charge in [-0.1, -0.05) is 15.9 Å². The lowest BCUT2D eigenvalue weighted by Gasteiger charge is -1.74. The molecule has 0 N–H and O–H groups in total. The molecule has 0 amide bonds. The second-order valence-corrected chi connectivity index (χ2v) is 1.24. The molecule has 0 unspecified atom stereocenters. The molecule has 31 valence electrons. The van der Waals surface area contributed by atoms with E-state index in [4.69, 9.17) is 0 Å². The Balaban J connectivity index is 2.19. The molecule has 0 spiro atoms. The minimum Gasteiger partial charge on any atom is -0.251 e. The minimum absolute atomic E-state index is 0.328. The fourth-order valence-corrected chi connectivity index (χ4v) is 0.214. The summed E-state index contributed by atoms with van der Waals surface area (Å²) in [7, 11) is 0. The van der Waals surface area contributed by atoms with Crippen LogP contribution in [0.2, 0.25) is 0 Å². The highest BCUT2D eigenvalue weighted by Crippen LogP contribution is 1.83. The number of rotatable bonds is 2. The van der Waals surface area contributed by atoms with E-state index >= 15 is 0 Å². The molecule has 0 saturated carbocycles. The van der Waals surface area contributed by atoms with Crippen molar-refractivity contribution in [1.29, 1.82) is 0 Å². The van der Waals surface area contributed by atoms with Gasteiger partial charge in [-0.25, -0.2) is 0 Å². The molecule has 0 aromatic carbocycles. The Morgan fingerprint density at radius 3 is 2.40 bits per heavy atom. The quantitative estimate of drug-likeness (QED) is 0.510. The molecule has 0 bridgehead atoms. The average Bonchev–Trinajstić information content (AvgIpc) is 1.41. The van der Waals surface area contributed by atoms with E-state index < -0.39 is 0 Å². The summed E-state index contributed by atoms with van der Waals surface area (Å²) in [4.78, 5) is 0. The molecular weight excluding hydrogens is 135 g/mol. The Hall–Kier alpha value is 0.410. The second-order valence-electron chi connectivity index (χ2n) is 0.597. The summed E-state index contributed by atoms with van der Waals surface area (Å²) in [6, 6.07) is 0. The first kappa shape index (κ1) is 5.41. The summed E-state index contributed by atoms with van der Waals surface area (Å²) in [6.45, 7) is -0.328. The summed E-state index contributed by atoms with van der Waals surface area (Å²) in [5.41, 5.74) is 0. The lowest BCUT2D eigenvalue weighted by atomic mass is 10.6. The normalized spacial score (nSPS) is 8.40. The third kappa shape index (κ3) is 4.41. The van der Waals surface area contributed by atoms with Crippen molar-refractivity contribution in [3.05, 3.63) is 6.42 Å². The molecule has 0 aliphatic carbocycles.